The molecular weight excluding hydrogens is 408 g/mol. The van der Waals surface area contributed by atoms with Crippen LogP contribution in [0, 0.1) is 17.0 Å². The molecule has 1 aromatic carbocycles. The first-order chi connectivity index (χ1) is 13.8. The van der Waals surface area contributed by atoms with E-state index < -0.39 is 4.92 Å². The van der Waals surface area contributed by atoms with E-state index in [0.717, 1.165) is 40.1 Å². The van der Waals surface area contributed by atoms with Crippen molar-refractivity contribution in [1.82, 2.24) is 9.88 Å². The molecule has 9 heteroatoms. The van der Waals surface area contributed by atoms with Crippen molar-refractivity contribution in [3.63, 3.8) is 0 Å². The molecule has 0 spiro atoms. The van der Waals surface area contributed by atoms with Crippen molar-refractivity contribution < 1.29 is 9.72 Å². The summed E-state index contributed by atoms with van der Waals surface area (Å²) in [6.07, 6.45) is 3.90. The summed E-state index contributed by atoms with van der Waals surface area (Å²) in [5.74, 6) is -0.184. The van der Waals surface area contributed by atoms with Crippen LogP contribution in [0.15, 0.2) is 36.4 Å². The molecular formula is C20H22N4O3S2. The van der Waals surface area contributed by atoms with Crippen molar-refractivity contribution >= 4 is 55.0 Å². The maximum absolute atomic E-state index is 13.0. The molecule has 3 aromatic rings. The number of aryl methyl sites for hydroxylation is 1. The van der Waals surface area contributed by atoms with E-state index in [1.165, 1.54) is 23.5 Å². The highest BCUT2D eigenvalue weighted by atomic mass is 32.1. The number of thiophene rings is 1. The first-order valence-electron chi connectivity index (χ1n) is 9.10. The molecule has 0 aliphatic heterocycles. The molecule has 0 bridgehead atoms. The first kappa shape index (κ1) is 21.1. The number of benzene rings is 1. The number of thiazole rings is 1. The first-order valence-corrected chi connectivity index (χ1v) is 10.7. The molecule has 152 valence electrons. The molecule has 0 fully saturated rings. The van der Waals surface area contributed by atoms with Gasteiger partial charge in [-0.2, -0.15) is 0 Å². The lowest BCUT2D eigenvalue weighted by molar-refractivity contribution is -0.380. The number of carbonyl (C=O) groups excluding carboxylic acids is 1. The van der Waals surface area contributed by atoms with E-state index in [1.807, 2.05) is 39.2 Å². The van der Waals surface area contributed by atoms with Crippen molar-refractivity contribution in [2.45, 2.75) is 13.3 Å². The molecule has 0 radical (unpaired) electrons. The Morgan fingerprint density at radius 2 is 2.00 bits per heavy atom. The van der Waals surface area contributed by atoms with Crippen LogP contribution in [0.5, 0.6) is 0 Å². The van der Waals surface area contributed by atoms with Crippen LogP contribution in [0.3, 0.4) is 0 Å². The van der Waals surface area contributed by atoms with Gasteiger partial charge in [0.15, 0.2) is 5.13 Å². The molecule has 7 nitrogen and oxygen atoms in total. The Morgan fingerprint density at radius 3 is 2.66 bits per heavy atom. The van der Waals surface area contributed by atoms with Crippen molar-refractivity contribution in [3.05, 3.63) is 57.0 Å². The Hall–Kier alpha value is -2.62. The second-order valence-electron chi connectivity index (χ2n) is 6.83. The number of carbonyl (C=O) groups is 1. The van der Waals surface area contributed by atoms with Gasteiger partial charge < -0.3 is 4.90 Å². The molecule has 0 aliphatic carbocycles. The summed E-state index contributed by atoms with van der Waals surface area (Å²) < 4.78 is 1.04. The minimum absolute atomic E-state index is 0.0570. The lowest BCUT2D eigenvalue weighted by Crippen LogP contribution is -2.32. The summed E-state index contributed by atoms with van der Waals surface area (Å²) in [7, 11) is 3.99. The Kier molecular flexibility index (Phi) is 6.73. The molecule has 2 heterocycles. The number of hydrogen-bond acceptors (Lipinski definition) is 7. The van der Waals surface area contributed by atoms with E-state index >= 15 is 0 Å². The molecule has 2 aromatic heterocycles. The summed E-state index contributed by atoms with van der Waals surface area (Å²) in [5, 5.41) is 11.6. The van der Waals surface area contributed by atoms with Crippen molar-refractivity contribution in [2.75, 3.05) is 32.1 Å². The number of hydrogen-bond donors (Lipinski definition) is 0. The van der Waals surface area contributed by atoms with Gasteiger partial charge in [-0.25, -0.2) is 4.98 Å². The second kappa shape index (κ2) is 9.25. The zero-order valence-electron chi connectivity index (χ0n) is 16.5. The quantitative estimate of drug-likeness (QED) is 0.297. The number of fused-ring (bicyclic) bond motifs is 1. The Bertz CT molecular complexity index is 1060. The SMILES string of the molecule is Cc1cccc2sc(N(CCCN(C)C)C(=O)C=Cc3ccc([N+](=O)[O-])s3)nc12. The number of nitrogens with zero attached hydrogens (tertiary/aromatic N) is 4. The van der Waals surface area contributed by atoms with Gasteiger partial charge in [-0.1, -0.05) is 34.8 Å². The molecule has 0 saturated heterocycles. The van der Waals surface area contributed by atoms with Gasteiger partial charge in [-0.3, -0.25) is 19.8 Å². The van der Waals surface area contributed by atoms with Gasteiger partial charge in [0, 0.05) is 23.6 Å². The lowest BCUT2D eigenvalue weighted by Gasteiger charge is -2.19. The van der Waals surface area contributed by atoms with E-state index in [2.05, 4.69) is 4.90 Å². The van der Waals surface area contributed by atoms with Crippen LogP contribution in [-0.4, -0.2) is 47.9 Å². The molecule has 3 rings (SSSR count). The number of anilines is 1. The van der Waals surface area contributed by atoms with Crippen LogP contribution < -0.4 is 4.90 Å². The number of rotatable bonds is 8. The van der Waals surface area contributed by atoms with Gasteiger partial charge in [-0.15, -0.1) is 0 Å². The maximum atomic E-state index is 13.0. The highest BCUT2D eigenvalue weighted by Crippen LogP contribution is 2.31. The predicted molar refractivity (Wildman–Crippen MR) is 120 cm³/mol. The molecule has 0 N–H and O–H groups in total. The molecule has 29 heavy (non-hydrogen) atoms. The smallest absolute Gasteiger partial charge is 0.309 e. The van der Waals surface area contributed by atoms with E-state index in [9.17, 15) is 14.9 Å². The minimum atomic E-state index is -0.430. The highest BCUT2D eigenvalue weighted by Gasteiger charge is 2.18. The molecule has 0 atom stereocenters. The molecule has 0 unspecified atom stereocenters. The van der Waals surface area contributed by atoms with Crippen molar-refractivity contribution in [1.29, 1.82) is 0 Å². The van der Waals surface area contributed by atoms with Gasteiger partial charge in [0.25, 0.3) is 5.91 Å². The minimum Gasteiger partial charge on any atom is -0.309 e. The van der Waals surface area contributed by atoms with Gasteiger partial charge in [0.2, 0.25) is 0 Å². The van der Waals surface area contributed by atoms with Gasteiger partial charge in [-0.05, 0) is 57.8 Å². The molecule has 0 aliphatic rings. The zero-order chi connectivity index (χ0) is 21.0. The third-order valence-electron chi connectivity index (χ3n) is 4.28. The predicted octanol–water partition coefficient (Wildman–Crippen LogP) is 4.57. The van der Waals surface area contributed by atoms with E-state index in [4.69, 9.17) is 4.98 Å². The number of aromatic nitrogens is 1. The molecule has 0 saturated carbocycles. The van der Waals surface area contributed by atoms with Gasteiger partial charge in [0.05, 0.1) is 15.1 Å². The zero-order valence-corrected chi connectivity index (χ0v) is 18.1. The van der Waals surface area contributed by atoms with Crippen molar-refractivity contribution in [2.24, 2.45) is 0 Å². The van der Waals surface area contributed by atoms with Crippen LogP contribution in [-0.2, 0) is 4.79 Å². The number of para-hydroxylation sites is 1. The van der Waals surface area contributed by atoms with Crippen LogP contribution in [0.4, 0.5) is 10.1 Å². The summed E-state index contributed by atoms with van der Waals surface area (Å²) in [6, 6.07) is 9.09. The monoisotopic (exact) mass is 430 g/mol. The van der Waals surface area contributed by atoms with Crippen LogP contribution in [0.2, 0.25) is 0 Å². The fraction of sp³-hybridized carbons (Fsp3) is 0.300. The van der Waals surface area contributed by atoms with Crippen molar-refractivity contribution in [3.8, 4) is 0 Å². The Morgan fingerprint density at radius 1 is 1.21 bits per heavy atom. The van der Waals surface area contributed by atoms with Gasteiger partial charge in [0.1, 0.15) is 0 Å². The third kappa shape index (κ3) is 5.26. The fourth-order valence-electron chi connectivity index (χ4n) is 2.81. The molecule has 1 amide bonds. The third-order valence-corrected chi connectivity index (χ3v) is 6.32. The van der Waals surface area contributed by atoms with E-state index in [0.29, 0.717) is 16.6 Å². The lowest BCUT2D eigenvalue weighted by atomic mass is 10.2. The number of amides is 1. The highest BCUT2D eigenvalue weighted by molar-refractivity contribution is 7.22. The largest absolute Gasteiger partial charge is 0.324 e. The summed E-state index contributed by atoms with van der Waals surface area (Å²) in [5.41, 5.74) is 1.99. The van der Waals surface area contributed by atoms with Crippen LogP contribution in [0.25, 0.3) is 16.3 Å². The topological polar surface area (TPSA) is 79.6 Å². The summed E-state index contributed by atoms with van der Waals surface area (Å²) >= 11 is 2.54. The van der Waals surface area contributed by atoms with Gasteiger partial charge >= 0.3 is 5.00 Å². The number of nitro groups is 1. The Labute approximate surface area is 177 Å². The van der Waals surface area contributed by atoms with E-state index in [1.54, 1.807) is 17.0 Å². The van der Waals surface area contributed by atoms with Crippen LogP contribution in [0.1, 0.15) is 16.9 Å². The second-order valence-corrected chi connectivity index (χ2v) is 8.93. The fourth-order valence-corrected chi connectivity index (χ4v) is 4.61. The normalized spacial score (nSPS) is 11.6. The standard InChI is InChI=1S/C20H22N4O3S2/c1-14-6-4-7-16-19(14)21-20(29-16)23(13-5-12-22(2)3)17(25)10-8-15-9-11-18(28-15)24(26)27/h4,6-11H,5,12-13H2,1-3H3. The average molecular weight is 431 g/mol. The average Bonchev–Trinajstić information content (AvgIpc) is 3.31. The summed E-state index contributed by atoms with van der Waals surface area (Å²) in [4.78, 5) is 32.5. The van der Waals surface area contributed by atoms with E-state index in [-0.39, 0.29) is 10.9 Å². The van der Waals surface area contributed by atoms with Crippen LogP contribution >= 0.6 is 22.7 Å². The summed E-state index contributed by atoms with van der Waals surface area (Å²) in [6.45, 7) is 3.41. The Balaban J connectivity index is 1.84. The maximum Gasteiger partial charge on any atom is 0.324 e.